The molecule has 0 aliphatic rings. The Morgan fingerprint density at radius 3 is 2.74 bits per heavy atom. The van der Waals surface area contributed by atoms with Crippen molar-refractivity contribution in [3.8, 4) is 0 Å². The van der Waals surface area contributed by atoms with Gasteiger partial charge in [-0.2, -0.15) is 0 Å². The summed E-state index contributed by atoms with van der Waals surface area (Å²) in [6.07, 6.45) is -0.919. The quantitative estimate of drug-likeness (QED) is 0.808. The molecular weight excluding hydrogens is 359 g/mol. The van der Waals surface area contributed by atoms with E-state index in [-0.39, 0.29) is 6.42 Å². The number of aryl methyl sites for hydroxylation is 1. The highest BCUT2D eigenvalue weighted by atomic mass is 35.5. The summed E-state index contributed by atoms with van der Waals surface area (Å²) in [5.74, 6) is -0.989. The highest BCUT2D eigenvalue weighted by Gasteiger charge is 2.19. The number of carbonyl (C=O) groups is 2. The van der Waals surface area contributed by atoms with Crippen molar-refractivity contribution in [2.45, 2.75) is 26.4 Å². The number of nitrogens with zero attached hydrogens (tertiary/aromatic N) is 1. The summed E-state index contributed by atoms with van der Waals surface area (Å²) in [5, 5.41) is 6.02. The van der Waals surface area contributed by atoms with Gasteiger partial charge in [-0.3, -0.25) is 9.59 Å². The molecule has 1 aromatic heterocycles. The Morgan fingerprint density at radius 2 is 2.13 bits per heavy atom. The normalized spacial score (nSPS) is 11.8. The smallest absolute Gasteiger partial charge is 0.312 e. The molecule has 0 fully saturated rings. The van der Waals surface area contributed by atoms with Crippen LogP contribution in [0.5, 0.6) is 0 Å². The van der Waals surface area contributed by atoms with Crippen LogP contribution in [0.3, 0.4) is 0 Å². The van der Waals surface area contributed by atoms with Crippen LogP contribution < -0.4 is 5.32 Å². The first-order chi connectivity index (χ1) is 10.8. The maximum atomic E-state index is 12.0. The summed E-state index contributed by atoms with van der Waals surface area (Å²) in [6.45, 7) is 3.34. The number of hydrogen-bond acceptors (Lipinski definition) is 5. The van der Waals surface area contributed by atoms with Crippen molar-refractivity contribution >= 4 is 52.1 Å². The van der Waals surface area contributed by atoms with Gasteiger partial charge in [0.2, 0.25) is 0 Å². The van der Waals surface area contributed by atoms with Crippen molar-refractivity contribution in [3.63, 3.8) is 0 Å². The summed E-state index contributed by atoms with van der Waals surface area (Å²) < 4.78 is 5.11. The van der Waals surface area contributed by atoms with Crippen LogP contribution in [0.1, 0.15) is 17.6 Å². The molecule has 1 heterocycles. The van der Waals surface area contributed by atoms with E-state index in [1.165, 1.54) is 24.3 Å². The van der Waals surface area contributed by atoms with Gasteiger partial charge in [0.15, 0.2) is 6.10 Å². The maximum Gasteiger partial charge on any atom is 0.312 e. The summed E-state index contributed by atoms with van der Waals surface area (Å²) in [7, 11) is 0. The third kappa shape index (κ3) is 5.20. The average molecular weight is 373 g/mol. The molecule has 0 bridgehead atoms. The van der Waals surface area contributed by atoms with E-state index < -0.39 is 18.0 Å². The molecule has 8 heteroatoms. The number of benzene rings is 1. The number of amides is 1. The number of thiazole rings is 1. The fourth-order valence-corrected chi connectivity index (χ4v) is 2.82. The van der Waals surface area contributed by atoms with Gasteiger partial charge in [0.25, 0.3) is 5.91 Å². The number of esters is 1. The molecule has 0 aliphatic heterocycles. The first-order valence-electron chi connectivity index (χ1n) is 6.71. The fourth-order valence-electron chi connectivity index (χ4n) is 1.75. The highest BCUT2D eigenvalue weighted by molar-refractivity contribution is 7.09. The van der Waals surface area contributed by atoms with Gasteiger partial charge in [0.05, 0.1) is 27.8 Å². The standard InChI is InChI=1S/C15H14Cl2N2O3S/c1-8(22-14(20)6-11-7-23-9(2)18-11)15(21)19-13-4-3-10(16)5-12(13)17/h3-5,7-8H,6H2,1-2H3,(H,19,21). The molecule has 2 rings (SSSR count). The Bertz CT molecular complexity index is 733. The van der Waals surface area contributed by atoms with Crippen LogP contribution in [0.15, 0.2) is 23.6 Å². The van der Waals surface area contributed by atoms with Gasteiger partial charge >= 0.3 is 5.97 Å². The second-order valence-corrected chi connectivity index (χ2v) is 6.69. The number of rotatable bonds is 5. The van der Waals surface area contributed by atoms with E-state index in [2.05, 4.69) is 10.3 Å². The molecular formula is C15H14Cl2N2O3S. The molecule has 122 valence electrons. The van der Waals surface area contributed by atoms with Crippen molar-refractivity contribution in [1.29, 1.82) is 0 Å². The van der Waals surface area contributed by atoms with Crippen LogP contribution in [0.4, 0.5) is 5.69 Å². The zero-order valence-electron chi connectivity index (χ0n) is 12.4. The van der Waals surface area contributed by atoms with E-state index >= 15 is 0 Å². The molecule has 0 radical (unpaired) electrons. The Morgan fingerprint density at radius 1 is 1.39 bits per heavy atom. The molecule has 1 aromatic carbocycles. The van der Waals surface area contributed by atoms with Gasteiger partial charge in [0.1, 0.15) is 0 Å². The minimum Gasteiger partial charge on any atom is -0.452 e. The third-order valence-electron chi connectivity index (χ3n) is 2.86. The van der Waals surface area contributed by atoms with Gasteiger partial charge in [-0.1, -0.05) is 23.2 Å². The number of nitrogens with one attached hydrogen (secondary N) is 1. The Labute approximate surface area is 147 Å². The predicted octanol–water partition coefficient (Wildman–Crippen LogP) is 3.87. The van der Waals surface area contributed by atoms with Crippen LogP contribution in [-0.2, 0) is 20.7 Å². The van der Waals surface area contributed by atoms with Crippen LogP contribution in [0.25, 0.3) is 0 Å². The highest BCUT2D eigenvalue weighted by Crippen LogP contribution is 2.25. The van der Waals surface area contributed by atoms with E-state index in [4.69, 9.17) is 27.9 Å². The van der Waals surface area contributed by atoms with Crippen molar-refractivity contribution in [1.82, 2.24) is 4.98 Å². The number of hydrogen-bond donors (Lipinski definition) is 1. The number of ether oxygens (including phenoxy) is 1. The molecule has 1 N–H and O–H groups in total. The van der Waals surface area contributed by atoms with Crippen LogP contribution in [-0.4, -0.2) is 23.0 Å². The predicted molar refractivity (Wildman–Crippen MR) is 91.2 cm³/mol. The van der Waals surface area contributed by atoms with Crippen molar-refractivity contribution in [2.24, 2.45) is 0 Å². The monoisotopic (exact) mass is 372 g/mol. The molecule has 0 saturated carbocycles. The minimum absolute atomic E-state index is 0.0314. The SMILES string of the molecule is Cc1nc(CC(=O)OC(C)C(=O)Nc2ccc(Cl)cc2Cl)cs1. The number of carbonyl (C=O) groups excluding carboxylic acids is 2. The lowest BCUT2D eigenvalue weighted by Gasteiger charge is -2.14. The topological polar surface area (TPSA) is 68.3 Å². The van der Waals surface area contributed by atoms with E-state index in [0.717, 1.165) is 5.01 Å². The molecule has 2 aromatic rings. The lowest BCUT2D eigenvalue weighted by molar-refractivity contribution is -0.152. The molecule has 1 amide bonds. The Hall–Kier alpha value is -1.63. The minimum atomic E-state index is -0.950. The van der Waals surface area contributed by atoms with Gasteiger partial charge in [-0.25, -0.2) is 4.98 Å². The van der Waals surface area contributed by atoms with E-state index in [1.54, 1.807) is 17.5 Å². The zero-order chi connectivity index (χ0) is 17.0. The van der Waals surface area contributed by atoms with Crippen LogP contribution in [0, 0.1) is 6.92 Å². The number of aromatic nitrogens is 1. The number of anilines is 1. The van der Waals surface area contributed by atoms with Gasteiger partial charge < -0.3 is 10.1 Å². The Balaban J connectivity index is 1.90. The molecule has 23 heavy (non-hydrogen) atoms. The Kier molecular flexibility index (Phi) is 5.98. The van der Waals surface area contributed by atoms with E-state index in [1.807, 2.05) is 6.92 Å². The second-order valence-electron chi connectivity index (χ2n) is 4.78. The van der Waals surface area contributed by atoms with Gasteiger partial charge in [-0.05, 0) is 32.0 Å². The summed E-state index contributed by atoms with van der Waals surface area (Å²) >= 11 is 13.2. The zero-order valence-corrected chi connectivity index (χ0v) is 14.8. The van der Waals surface area contributed by atoms with E-state index in [0.29, 0.717) is 21.4 Å². The number of halogens is 2. The first kappa shape index (κ1) is 17.7. The van der Waals surface area contributed by atoms with Crippen molar-refractivity contribution in [3.05, 3.63) is 44.3 Å². The molecule has 0 aliphatic carbocycles. The molecule has 1 atom stereocenters. The lowest BCUT2D eigenvalue weighted by Crippen LogP contribution is -2.30. The molecule has 0 spiro atoms. The average Bonchev–Trinajstić information content (AvgIpc) is 2.86. The van der Waals surface area contributed by atoms with Gasteiger partial charge in [-0.15, -0.1) is 11.3 Å². The fraction of sp³-hybridized carbons (Fsp3) is 0.267. The summed E-state index contributed by atoms with van der Waals surface area (Å²) in [5.41, 5.74) is 1.03. The second kappa shape index (κ2) is 7.77. The maximum absolute atomic E-state index is 12.0. The van der Waals surface area contributed by atoms with Crippen LogP contribution >= 0.6 is 34.5 Å². The molecule has 1 unspecified atom stereocenters. The van der Waals surface area contributed by atoms with Gasteiger partial charge in [0, 0.05) is 10.4 Å². The third-order valence-corrected chi connectivity index (χ3v) is 4.23. The van der Waals surface area contributed by atoms with Crippen LogP contribution in [0.2, 0.25) is 10.0 Å². The lowest BCUT2D eigenvalue weighted by atomic mass is 10.3. The molecule has 5 nitrogen and oxygen atoms in total. The van der Waals surface area contributed by atoms with Crippen molar-refractivity contribution in [2.75, 3.05) is 5.32 Å². The summed E-state index contributed by atoms with van der Waals surface area (Å²) in [6, 6.07) is 4.69. The summed E-state index contributed by atoms with van der Waals surface area (Å²) in [4.78, 5) is 28.0. The van der Waals surface area contributed by atoms with E-state index in [9.17, 15) is 9.59 Å². The molecule has 0 saturated heterocycles. The first-order valence-corrected chi connectivity index (χ1v) is 8.35. The largest absolute Gasteiger partial charge is 0.452 e. The van der Waals surface area contributed by atoms with Crippen molar-refractivity contribution < 1.29 is 14.3 Å².